The van der Waals surface area contributed by atoms with Gasteiger partial charge in [0.25, 0.3) is 0 Å². The molecule has 0 amide bonds. The summed E-state index contributed by atoms with van der Waals surface area (Å²) in [7, 11) is 0. The third-order valence-electron chi connectivity index (χ3n) is 2.84. The molecule has 2 rings (SSSR count). The van der Waals surface area contributed by atoms with Gasteiger partial charge in [-0.15, -0.1) is 11.6 Å². The van der Waals surface area contributed by atoms with Gasteiger partial charge < -0.3 is 4.90 Å². The lowest BCUT2D eigenvalue weighted by molar-refractivity contribution is -0.120. The minimum atomic E-state index is -4.20. The molecule has 0 aliphatic heterocycles. The molecule has 0 unspecified atom stereocenters. The van der Waals surface area contributed by atoms with Gasteiger partial charge in [-0.05, 0) is 30.5 Å². The fourth-order valence-corrected chi connectivity index (χ4v) is 2.48. The molecule has 0 spiro atoms. The molecular weight excluding hydrogens is 330 g/mol. The molecule has 1 aromatic carbocycles. The molecule has 100 valence electrons. The molecule has 1 nitrogen and oxygen atoms in total. The summed E-state index contributed by atoms with van der Waals surface area (Å²) in [5, 5.41) is 0. The molecule has 1 aliphatic carbocycles. The van der Waals surface area contributed by atoms with Crippen LogP contribution in [-0.2, 0) is 5.88 Å². The van der Waals surface area contributed by atoms with Crippen molar-refractivity contribution < 1.29 is 13.2 Å². The first kappa shape index (κ1) is 14.0. The van der Waals surface area contributed by atoms with Crippen LogP contribution in [0.25, 0.3) is 0 Å². The van der Waals surface area contributed by atoms with Gasteiger partial charge in [-0.2, -0.15) is 13.2 Å². The second kappa shape index (κ2) is 5.29. The summed E-state index contributed by atoms with van der Waals surface area (Å²) < 4.78 is 38.7. The van der Waals surface area contributed by atoms with E-state index in [1.165, 1.54) is 4.90 Å². The molecule has 0 bridgehead atoms. The molecule has 0 N–H and O–H groups in total. The second-order valence-electron chi connectivity index (χ2n) is 4.38. The molecule has 0 atom stereocenters. The van der Waals surface area contributed by atoms with Crippen molar-refractivity contribution in [2.45, 2.75) is 30.9 Å². The fourth-order valence-electron chi connectivity index (χ4n) is 1.91. The monoisotopic (exact) mass is 341 g/mol. The summed E-state index contributed by atoms with van der Waals surface area (Å²) in [6.07, 6.45) is -2.58. The Kier molecular flexibility index (Phi) is 4.11. The Hall–Kier alpha value is -0.420. The van der Waals surface area contributed by atoms with Crippen LogP contribution in [0, 0.1) is 0 Å². The van der Waals surface area contributed by atoms with E-state index in [9.17, 15) is 13.2 Å². The van der Waals surface area contributed by atoms with E-state index in [1.54, 1.807) is 18.2 Å². The first-order valence-electron chi connectivity index (χ1n) is 5.58. The largest absolute Gasteiger partial charge is 0.405 e. The van der Waals surface area contributed by atoms with Gasteiger partial charge in [-0.25, -0.2) is 0 Å². The first-order valence-corrected chi connectivity index (χ1v) is 6.91. The quantitative estimate of drug-likeness (QED) is 0.716. The van der Waals surface area contributed by atoms with Gasteiger partial charge in [0, 0.05) is 22.1 Å². The van der Waals surface area contributed by atoms with Gasteiger partial charge in [0.15, 0.2) is 0 Å². The first-order chi connectivity index (χ1) is 8.40. The summed E-state index contributed by atoms with van der Waals surface area (Å²) in [5.41, 5.74) is 1.32. The van der Waals surface area contributed by atoms with Gasteiger partial charge in [0.1, 0.15) is 6.54 Å². The molecule has 1 fully saturated rings. The van der Waals surface area contributed by atoms with Gasteiger partial charge in [-0.3, -0.25) is 0 Å². The lowest BCUT2D eigenvalue weighted by Crippen LogP contribution is -2.36. The van der Waals surface area contributed by atoms with Crippen LogP contribution >= 0.6 is 27.5 Å². The zero-order valence-electron chi connectivity index (χ0n) is 9.47. The zero-order chi connectivity index (χ0) is 13.3. The summed E-state index contributed by atoms with van der Waals surface area (Å²) in [6, 6.07) is 5.25. The second-order valence-corrected chi connectivity index (χ2v) is 5.56. The van der Waals surface area contributed by atoms with Crippen LogP contribution < -0.4 is 4.90 Å². The highest BCUT2D eigenvalue weighted by Gasteiger charge is 2.38. The van der Waals surface area contributed by atoms with E-state index in [0.29, 0.717) is 5.69 Å². The number of anilines is 1. The van der Waals surface area contributed by atoms with Gasteiger partial charge >= 0.3 is 6.18 Å². The molecular formula is C12H12BrClF3N. The maximum atomic E-state index is 12.6. The number of hydrogen-bond acceptors (Lipinski definition) is 1. The van der Waals surface area contributed by atoms with E-state index in [-0.39, 0.29) is 11.9 Å². The molecule has 1 aliphatic rings. The van der Waals surface area contributed by atoms with Crippen molar-refractivity contribution in [1.29, 1.82) is 0 Å². The third kappa shape index (κ3) is 3.54. The molecule has 18 heavy (non-hydrogen) atoms. The van der Waals surface area contributed by atoms with Crippen LogP contribution in [-0.4, -0.2) is 18.8 Å². The average Bonchev–Trinajstić information content (AvgIpc) is 3.08. The molecule has 0 radical (unpaired) electrons. The Morgan fingerprint density at radius 2 is 2.00 bits per heavy atom. The normalized spacial score (nSPS) is 15.8. The van der Waals surface area contributed by atoms with Crippen LogP contribution in [0.15, 0.2) is 22.7 Å². The van der Waals surface area contributed by atoms with Gasteiger partial charge in [0.2, 0.25) is 0 Å². The number of halogens is 5. The Labute approximate surface area is 117 Å². The Bertz CT molecular complexity index is 432. The van der Waals surface area contributed by atoms with E-state index in [4.69, 9.17) is 11.6 Å². The lowest BCUT2D eigenvalue weighted by atomic mass is 10.1. The standard InChI is InChI=1S/C12H12BrClF3N/c13-9-2-1-8(6-14)11(5-9)18(10-3-4-10)7-12(15,16)17/h1-2,5,10H,3-4,6-7H2. The highest BCUT2D eigenvalue weighted by atomic mass is 79.9. The fraction of sp³-hybridized carbons (Fsp3) is 0.500. The number of hydrogen-bond donors (Lipinski definition) is 0. The molecule has 0 heterocycles. The topological polar surface area (TPSA) is 3.24 Å². The van der Waals surface area contributed by atoms with Crippen LogP contribution in [0.1, 0.15) is 18.4 Å². The van der Waals surface area contributed by atoms with E-state index >= 15 is 0 Å². The maximum absolute atomic E-state index is 12.6. The highest BCUT2D eigenvalue weighted by Crippen LogP contribution is 2.37. The average molecular weight is 343 g/mol. The van der Waals surface area contributed by atoms with Crippen molar-refractivity contribution in [2.24, 2.45) is 0 Å². The molecule has 6 heteroatoms. The highest BCUT2D eigenvalue weighted by molar-refractivity contribution is 9.10. The summed E-state index contributed by atoms with van der Waals surface area (Å²) in [5.74, 6) is 0.212. The number of nitrogens with zero attached hydrogens (tertiary/aromatic N) is 1. The minimum absolute atomic E-state index is 0.0112. The maximum Gasteiger partial charge on any atom is 0.405 e. The van der Waals surface area contributed by atoms with Crippen LogP contribution in [0.3, 0.4) is 0 Å². The Morgan fingerprint density at radius 3 is 2.50 bits per heavy atom. The smallest absolute Gasteiger partial charge is 0.359 e. The van der Waals surface area contributed by atoms with E-state index < -0.39 is 12.7 Å². The Morgan fingerprint density at radius 1 is 1.33 bits per heavy atom. The molecule has 1 aromatic rings. The molecule has 0 saturated heterocycles. The number of alkyl halides is 4. The van der Waals surface area contributed by atoms with Gasteiger partial charge in [-0.1, -0.05) is 22.0 Å². The van der Waals surface area contributed by atoms with Crippen molar-refractivity contribution in [2.75, 3.05) is 11.4 Å². The lowest BCUT2D eigenvalue weighted by Gasteiger charge is -2.28. The van der Waals surface area contributed by atoms with Crippen LogP contribution in [0.2, 0.25) is 0 Å². The molecule has 0 aromatic heterocycles. The van der Waals surface area contributed by atoms with Crippen molar-refractivity contribution in [3.63, 3.8) is 0 Å². The van der Waals surface area contributed by atoms with E-state index in [1.807, 2.05) is 0 Å². The summed E-state index contributed by atoms with van der Waals surface area (Å²) in [6.45, 7) is -0.919. The van der Waals surface area contributed by atoms with Crippen molar-refractivity contribution >= 4 is 33.2 Å². The summed E-state index contributed by atoms with van der Waals surface area (Å²) in [4.78, 5) is 1.42. The third-order valence-corrected chi connectivity index (χ3v) is 3.62. The predicted molar refractivity (Wildman–Crippen MR) is 70.1 cm³/mol. The van der Waals surface area contributed by atoms with Crippen LogP contribution in [0.5, 0.6) is 0 Å². The predicted octanol–water partition coefficient (Wildman–Crippen LogP) is 4.72. The summed E-state index contributed by atoms with van der Waals surface area (Å²) >= 11 is 9.09. The minimum Gasteiger partial charge on any atom is -0.359 e. The number of benzene rings is 1. The SMILES string of the molecule is FC(F)(F)CN(c1cc(Br)ccc1CCl)C1CC1. The van der Waals surface area contributed by atoms with Crippen molar-refractivity contribution in [1.82, 2.24) is 0 Å². The van der Waals surface area contributed by atoms with E-state index in [0.717, 1.165) is 22.9 Å². The zero-order valence-corrected chi connectivity index (χ0v) is 11.8. The Balaban J connectivity index is 2.32. The van der Waals surface area contributed by atoms with E-state index in [2.05, 4.69) is 15.9 Å². The van der Waals surface area contributed by atoms with Crippen molar-refractivity contribution in [3.05, 3.63) is 28.2 Å². The van der Waals surface area contributed by atoms with Crippen molar-refractivity contribution in [3.8, 4) is 0 Å². The van der Waals surface area contributed by atoms with Crippen LogP contribution in [0.4, 0.5) is 18.9 Å². The molecule has 1 saturated carbocycles. The van der Waals surface area contributed by atoms with Gasteiger partial charge in [0.05, 0.1) is 0 Å². The number of rotatable bonds is 4.